The molecule has 0 spiro atoms. The molecule has 0 saturated heterocycles. The average molecular weight is 653 g/mol. The van der Waals surface area contributed by atoms with Gasteiger partial charge in [0.15, 0.2) is 5.58 Å². The van der Waals surface area contributed by atoms with Gasteiger partial charge < -0.3 is 13.6 Å². The second-order valence-corrected chi connectivity index (χ2v) is 13.0. The number of furan rings is 1. The first-order valence-corrected chi connectivity index (χ1v) is 17.2. The van der Waals surface area contributed by atoms with Gasteiger partial charge >= 0.3 is 0 Å². The Labute approximate surface area is 292 Å². The van der Waals surface area contributed by atoms with E-state index in [9.17, 15) is 0 Å². The van der Waals surface area contributed by atoms with Crippen LogP contribution in [0.15, 0.2) is 175 Å². The molecule has 0 bridgehead atoms. The Morgan fingerprint density at radius 2 is 1.10 bits per heavy atom. The van der Waals surface area contributed by atoms with Crippen LogP contribution in [-0.2, 0) is 0 Å². The quantitative estimate of drug-likeness (QED) is 0.190. The number of benzene rings is 6. The van der Waals surface area contributed by atoms with Crippen molar-refractivity contribution >= 4 is 65.7 Å². The predicted molar refractivity (Wildman–Crippen MR) is 209 cm³/mol. The number of hydrogen-bond acceptors (Lipinski definition) is 3. The van der Waals surface area contributed by atoms with Crippen LogP contribution in [0.1, 0.15) is 0 Å². The second-order valence-electron chi connectivity index (χ2n) is 13.0. The number of rotatable bonds is 4. The van der Waals surface area contributed by atoms with E-state index in [1.165, 1.54) is 27.1 Å². The van der Waals surface area contributed by atoms with E-state index in [-0.39, 0.29) is 0 Å². The zero-order chi connectivity index (χ0) is 33.5. The maximum atomic E-state index is 6.67. The molecule has 0 aliphatic rings. The van der Waals surface area contributed by atoms with Crippen molar-refractivity contribution in [1.29, 1.82) is 0 Å². The Morgan fingerprint density at radius 3 is 1.88 bits per heavy atom. The molecule has 0 saturated carbocycles. The van der Waals surface area contributed by atoms with Crippen molar-refractivity contribution in [3.8, 4) is 33.8 Å². The third kappa shape index (κ3) is 4.09. The number of para-hydroxylation sites is 5. The van der Waals surface area contributed by atoms with Crippen molar-refractivity contribution in [2.24, 2.45) is 0 Å². The van der Waals surface area contributed by atoms with Crippen molar-refractivity contribution in [2.45, 2.75) is 0 Å². The Morgan fingerprint density at radius 1 is 0.451 bits per heavy atom. The topological polar surface area (TPSA) is 48.8 Å². The first kappa shape index (κ1) is 27.9. The Balaban J connectivity index is 1.12. The van der Waals surface area contributed by atoms with Crippen molar-refractivity contribution in [1.82, 2.24) is 19.1 Å². The van der Waals surface area contributed by atoms with E-state index in [1.54, 1.807) is 0 Å². The van der Waals surface area contributed by atoms with E-state index in [4.69, 9.17) is 14.4 Å². The predicted octanol–water partition coefficient (Wildman–Crippen LogP) is 11.9. The molecule has 6 aromatic carbocycles. The average Bonchev–Trinajstić information content (AvgIpc) is 3.86. The summed E-state index contributed by atoms with van der Waals surface area (Å²) in [6, 6.07) is 55.5. The smallest absolute Gasteiger partial charge is 0.154 e. The molecule has 5 aromatic heterocycles. The first-order chi connectivity index (χ1) is 25.3. The fourth-order valence-electron chi connectivity index (χ4n) is 7.98. The molecule has 0 unspecified atom stereocenters. The fourth-order valence-corrected chi connectivity index (χ4v) is 7.98. The third-order valence-electron chi connectivity index (χ3n) is 10.2. The van der Waals surface area contributed by atoms with E-state index in [0.717, 1.165) is 72.4 Å². The first-order valence-electron chi connectivity index (χ1n) is 17.2. The molecule has 0 atom stereocenters. The maximum Gasteiger partial charge on any atom is 0.154 e. The van der Waals surface area contributed by atoms with Crippen LogP contribution < -0.4 is 0 Å². The summed E-state index contributed by atoms with van der Waals surface area (Å²) in [5.41, 5.74) is 13.1. The zero-order valence-electron chi connectivity index (χ0n) is 27.4. The van der Waals surface area contributed by atoms with Crippen LogP contribution >= 0.6 is 0 Å². The Bertz CT molecular complexity index is 3130. The molecule has 5 nitrogen and oxygen atoms in total. The second kappa shape index (κ2) is 10.8. The largest absolute Gasteiger partial charge is 0.454 e. The van der Waals surface area contributed by atoms with Crippen molar-refractivity contribution in [2.75, 3.05) is 0 Å². The molecule has 0 aliphatic carbocycles. The molecule has 0 radical (unpaired) electrons. The maximum absolute atomic E-state index is 6.67. The molecule has 0 fully saturated rings. The molecule has 0 amide bonds. The molecule has 5 heteroatoms. The van der Waals surface area contributed by atoms with E-state index >= 15 is 0 Å². The minimum Gasteiger partial charge on any atom is -0.454 e. The highest BCUT2D eigenvalue weighted by molar-refractivity contribution is 6.17. The van der Waals surface area contributed by atoms with E-state index in [2.05, 4.69) is 161 Å². The van der Waals surface area contributed by atoms with Crippen LogP contribution in [0, 0.1) is 0 Å². The fraction of sp³-hybridized carbons (Fsp3) is 0. The lowest BCUT2D eigenvalue weighted by atomic mass is 10.0. The summed E-state index contributed by atoms with van der Waals surface area (Å²) in [6.07, 6.45) is 3.80. The van der Waals surface area contributed by atoms with Gasteiger partial charge in [0.25, 0.3) is 0 Å². The lowest BCUT2D eigenvalue weighted by Crippen LogP contribution is -1.95. The molecule has 0 N–H and O–H groups in total. The van der Waals surface area contributed by atoms with E-state index in [1.807, 2.05) is 18.5 Å². The van der Waals surface area contributed by atoms with Gasteiger partial charge in [-0.15, -0.1) is 0 Å². The molecular weight excluding hydrogens is 625 g/mol. The molecule has 0 aliphatic heterocycles. The summed E-state index contributed by atoms with van der Waals surface area (Å²) in [5, 5.41) is 5.72. The third-order valence-corrected chi connectivity index (χ3v) is 10.2. The normalized spacial score (nSPS) is 11.9. The van der Waals surface area contributed by atoms with Crippen LogP contribution in [0.25, 0.3) is 99.4 Å². The minimum atomic E-state index is 0.734. The lowest BCUT2D eigenvalue weighted by Gasteiger charge is -2.11. The van der Waals surface area contributed by atoms with Gasteiger partial charge in [-0.1, -0.05) is 103 Å². The van der Waals surface area contributed by atoms with E-state index < -0.39 is 0 Å². The van der Waals surface area contributed by atoms with Gasteiger partial charge in [-0.05, 0) is 54.6 Å². The summed E-state index contributed by atoms with van der Waals surface area (Å²) in [4.78, 5) is 10.0. The van der Waals surface area contributed by atoms with Gasteiger partial charge in [0.05, 0.1) is 33.1 Å². The Kier molecular flexibility index (Phi) is 5.89. The molecule has 238 valence electrons. The van der Waals surface area contributed by atoms with Crippen molar-refractivity contribution in [3.05, 3.63) is 170 Å². The molecule has 11 rings (SSSR count). The number of nitrogens with zero attached hydrogens (tertiary/aromatic N) is 4. The van der Waals surface area contributed by atoms with Crippen LogP contribution in [0.3, 0.4) is 0 Å². The molecule has 5 heterocycles. The summed E-state index contributed by atoms with van der Waals surface area (Å²) in [5.74, 6) is 0. The van der Waals surface area contributed by atoms with Gasteiger partial charge in [0.2, 0.25) is 0 Å². The van der Waals surface area contributed by atoms with Gasteiger partial charge in [0.1, 0.15) is 11.1 Å². The molecule has 51 heavy (non-hydrogen) atoms. The van der Waals surface area contributed by atoms with Crippen molar-refractivity contribution in [3.63, 3.8) is 0 Å². The van der Waals surface area contributed by atoms with Crippen LogP contribution in [-0.4, -0.2) is 19.1 Å². The number of aromatic nitrogens is 4. The summed E-state index contributed by atoms with van der Waals surface area (Å²) < 4.78 is 11.4. The summed E-state index contributed by atoms with van der Waals surface area (Å²) in [6.45, 7) is 0. The van der Waals surface area contributed by atoms with Gasteiger partial charge in [-0.2, -0.15) is 0 Å². The number of fused-ring (bicyclic) bond motifs is 9. The lowest BCUT2D eigenvalue weighted by molar-refractivity contribution is 0.669. The standard InChI is InChI=1S/C46H28N4O/c1-3-12-30(13-4-1)49-40-20-9-7-16-32(40)34-23-22-29(26-42(34)49)39-24-25-43-44(48-39)38-28-47-27-37(46(38)51-43)36-19-11-18-35-33-17-8-10-21-41(33)50(45(35)36)31-14-5-2-6-15-31/h1-28H. The van der Waals surface area contributed by atoms with Crippen LogP contribution in [0.2, 0.25) is 0 Å². The molecule has 11 aromatic rings. The highest BCUT2D eigenvalue weighted by atomic mass is 16.3. The molecular formula is C46H28N4O. The minimum absolute atomic E-state index is 0.734. The highest BCUT2D eigenvalue weighted by Crippen LogP contribution is 2.42. The Hall–Kier alpha value is -6.98. The van der Waals surface area contributed by atoms with Crippen LogP contribution in [0.5, 0.6) is 0 Å². The van der Waals surface area contributed by atoms with Crippen LogP contribution in [0.4, 0.5) is 0 Å². The van der Waals surface area contributed by atoms with Gasteiger partial charge in [-0.3, -0.25) is 4.98 Å². The number of hydrogen-bond donors (Lipinski definition) is 0. The summed E-state index contributed by atoms with van der Waals surface area (Å²) >= 11 is 0. The SMILES string of the molecule is c1ccc(-n2c3ccccc3c3ccc(-c4ccc5oc6c(-c7cccc8c9ccccc9n(-c9ccccc9)c78)cncc6c5n4)cc32)cc1. The van der Waals surface area contributed by atoms with Crippen molar-refractivity contribution < 1.29 is 4.42 Å². The number of pyridine rings is 2. The van der Waals surface area contributed by atoms with Gasteiger partial charge in [-0.25, -0.2) is 4.98 Å². The van der Waals surface area contributed by atoms with Gasteiger partial charge in [0, 0.05) is 62.0 Å². The zero-order valence-corrected chi connectivity index (χ0v) is 27.4. The monoisotopic (exact) mass is 652 g/mol. The highest BCUT2D eigenvalue weighted by Gasteiger charge is 2.21. The van der Waals surface area contributed by atoms with E-state index in [0.29, 0.717) is 0 Å². The summed E-state index contributed by atoms with van der Waals surface area (Å²) in [7, 11) is 0.